The number of aliphatic hydroxyl groups excluding tert-OH is 1. The smallest absolute Gasteiger partial charge is 0.450 e. The number of hydrogen-bond donors (Lipinski definition) is 3. The molecule has 0 spiro atoms. The second-order valence-corrected chi connectivity index (χ2v) is 9.80. The number of nitrogens with zero attached hydrogens (tertiary/aromatic N) is 3. The Morgan fingerprint density at radius 2 is 1.71 bits per heavy atom. The molecular weight excluding hydrogens is 531 g/mol. The van der Waals surface area contributed by atoms with Gasteiger partial charge in [0.2, 0.25) is 5.82 Å². The Bertz CT molecular complexity index is 1500. The Labute approximate surface area is 235 Å². The van der Waals surface area contributed by atoms with Gasteiger partial charge in [0.1, 0.15) is 5.82 Å². The molecule has 0 bridgehead atoms. The van der Waals surface area contributed by atoms with Crippen LogP contribution >= 0.6 is 0 Å². The number of benzene rings is 3. The highest BCUT2D eigenvalue weighted by Gasteiger charge is 2.45. The third-order valence-electron chi connectivity index (χ3n) is 7.10. The van der Waals surface area contributed by atoms with E-state index in [9.17, 15) is 14.0 Å². The summed E-state index contributed by atoms with van der Waals surface area (Å²) >= 11 is 0. The van der Waals surface area contributed by atoms with E-state index >= 15 is 0 Å². The predicted octanol–water partition coefficient (Wildman–Crippen LogP) is 4.35. The lowest BCUT2D eigenvalue weighted by atomic mass is 9.89. The Morgan fingerprint density at radius 1 is 1.00 bits per heavy atom. The number of rotatable bonds is 9. The third kappa shape index (κ3) is 6.42. The molecule has 4 aromatic rings. The number of aromatic nitrogens is 2. The maximum absolute atomic E-state index is 14.8. The molecule has 0 aliphatic carbocycles. The number of halogens is 1. The summed E-state index contributed by atoms with van der Waals surface area (Å²) in [5.41, 5.74) is 2.02. The number of nitrogens with one attached hydrogen (secondary N) is 1. The number of ether oxygens (including phenoxy) is 1. The van der Waals surface area contributed by atoms with Gasteiger partial charge in [-0.25, -0.2) is 9.18 Å². The first-order valence-electron chi connectivity index (χ1n) is 13.2. The van der Waals surface area contributed by atoms with Crippen molar-refractivity contribution in [2.24, 2.45) is 0 Å². The van der Waals surface area contributed by atoms with E-state index in [0.29, 0.717) is 36.6 Å². The van der Waals surface area contributed by atoms with Gasteiger partial charge in [-0.1, -0.05) is 65.8 Å². The van der Waals surface area contributed by atoms with Gasteiger partial charge >= 0.3 is 6.16 Å². The molecule has 1 aromatic heterocycles. The predicted molar refractivity (Wildman–Crippen MR) is 147 cm³/mol. The quantitative estimate of drug-likeness (QED) is 0.255. The summed E-state index contributed by atoms with van der Waals surface area (Å²) in [6.45, 7) is 1.28. The summed E-state index contributed by atoms with van der Waals surface area (Å²) in [6, 6.07) is 21.7. The zero-order valence-corrected chi connectivity index (χ0v) is 22.1. The van der Waals surface area contributed by atoms with Crippen molar-refractivity contribution in [2.75, 3.05) is 26.2 Å². The first-order chi connectivity index (χ1) is 19.9. The zero-order valence-electron chi connectivity index (χ0n) is 22.1. The Hall–Kier alpha value is -4.61. The number of carbonyl (C=O) groups excluding carboxylic acids is 1. The highest BCUT2D eigenvalue weighted by atomic mass is 19.1. The lowest BCUT2D eigenvalue weighted by Crippen LogP contribution is -2.56. The molecule has 0 radical (unpaired) electrons. The summed E-state index contributed by atoms with van der Waals surface area (Å²) in [7, 11) is 0. The van der Waals surface area contributed by atoms with Gasteiger partial charge in [-0.15, -0.1) is 0 Å². The molecule has 3 aromatic carbocycles. The van der Waals surface area contributed by atoms with Crippen LogP contribution in [0.15, 0.2) is 77.3 Å². The van der Waals surface area contributed by atoms with Crippen LogP contribution in [0.4, 0.5) is 9.18 Å². The molecule has 5 rings (SSSR count). The zero-order chi connectivity index (χ0) is 28.8. The molecule has 10 nitrogen and oxygen atoms in total. The van der Waals surface area contributed by atoms with Crippen LogP contribution in [0.3, 0.4) is 0 Å². The standard InChI is InChI=1S/C30H29FN4O6/c31-25-18-23(10-11-24(25)21-4-2-1-3-5-21)27-33-26(34-41-27)22-8-6-20(7-9-22)19-35-15-12-30(13-16-35,40-29(38)39)28(37)32-14-17-36/h1-11,18,36H,12-17,19H2,(H,32,37)(H,38,39). The molecule has 1 fully saturated rings. The van der Waals surface area contributed by atoms with Crippen molar-refractivity contribution < 1.29 is 33.5 Å². The molecule has 1 saturated heterocycles. The van der Waals surface area contributed by atoms with E-state index in [0.717, 1.165) is 16.7 Å². The van der Waals surface area contributed by atoms with Crippen LogP contribution in [0.5, 0.6) is 0 Å². The van der Waals surface area contributed by atoms with E-state index in [1.165, 1.54) is 6.07 Å². The summed E-state index contributed by atoms with van der Waals surface area (Å²) in [5, 5.41) is 24.7. The van der Waals surface area contributed by atoms with Crippen LogP contribution in [0.25, 0.3) is 34.0 Å². The van der Waals surface area contributed by atoms with Crippen molar-refractivity contribution in [2.45, 2.75) is 25.0 Å². The number of aliphatic hydroxyl groups is 1. The summed E-state index contributed by atoms with van der Waals surface area (Å²) in [4.78, 5) is 30.4. The lowest BCUT2D eigenvalue weighted by Gasteiger charge is -2.39. The fourth-order valence-electron chi connectivity index (χ4n) is 4.92. The van der Waals surface area contributed by atoms with Gasteiger partial charge in [-0.05, 0) is 23.3 Å². The van der Waals surface area contributed by atoms with Gasteiger partial charge in [0.15, 0.2) is 5.60 Å². The van der Waals surface area contributed by atoms with E-state index in [4.69, 9.17) is 19.5 Å². The molecular formula is C30H29FN4O6. The minimum Gasteiger partial charge on any atom is -0.450 e. The van der Waals surface area contributed by atoms with Gasteiger partial charge in [0.25, 0.3) is 11.8 Å². The van der Waals surface area contributed by atoms with Gasteiger partial charge in [-0.3, -0.25) is 9.69 Å². The average molecular weight is 561 g/mol. The number of likely N-dealkylation sites (tertiary alicyclic amines) is 1. The van der Waals surface area contributed by atoms with Crippen molar-refractivity contribution in [1.82, 2.24) is 20.4 Å². The van der Waals surface area contributed by atoms with E-state index in [1.54, 1.807) is 12.1 Å². The Kier molecular flexibility index (Phi) is 8.37. The number of carboxylic acid groups (broad SMARTS) is 1. The molecule has 1 aliphatic heterocycles. The fourth-order valence-corrected chi connectivity index (χ4v) is 4.92. The van der Waals surface area contributed by atoms with Crippen LogP contribution in [0, 0.1) is 5.82 Å². The normalized spacial score (nSPS) is 14.9. The molecule has 1 amide bonds. The van der Waals surface area contributed by atoms with E-state index in [2.05, 4.69) is 20.4 Å². The van der Waals surface area contributed by atoms with Crippen molar-refractivity contribution in [3.63, 3.8) is 0 Å². The summed E-state index contributed by atoms with van der Waals surface area (Å²) < 4.78 is 25.3. The summed E-state index contributed by atoms with van der Waals surface area (Å²) in [6.07, 6.45) is -1.10. The lowest BCUT2D eigenvalue weighted by molar-refractivity contribution is -0.148. The van der Waals surface area contributed by atoms with E-state index in [-0.39, 0.29) is 37.7 Å². The molecule has 11 heteroatoms. The molecule has 3 N–H and O–H groups in total. The van der Waals surface area contributed by atoms with Crippen LogP contribution < -0.4 is 5.32 Å². The molecule has 41 heavy (non-hydrogen) atoms. The fraction of sp³-hybridized carbons (Fsp3) is 0.267. The van der Waals surface area contributed by atoms with Crippen LogP contribution in [0.2, 0.25) is 0 Å². The van der Waals surface area contributed by atoms with Crippen LogP contribution in [-0.4, -0.2) is 69.2 Å². The highest BCUT2D eigenvalue weighted by Crippen LogP contribution is 2.30. The number of carbonyl (C=O) groups is 2. The molecule has 0 saturated carbocycles. The van der Waals surface area contributed by atoms with Gasteiger partial charge < -0.3 is 24.8 Å². The second kappa shape index (κ2) is 12.3. The molecule has 1 aliphatic rings. The maximum atomic E-state index is 14.8. The molecule has 0 unspecified atom stereocenters. The second-order valence-electron chi connectivity index (χ2n) is 9.80. The molecule has 0 atom stereocenters. The first-order valence-corrected chi connectivity index (χ1v) is 13.2. The SMILES string of the molecule is O=C(O)OC1(C(=O)NCCO)CCN(Cc2ccc(-c3noc(-c4ccc(-c5ccccc5)c(F)c4)n3)cc2)CC1. The molecule has 2 heterocycles. The average Bonchev–Trinajstić information content (AvgIpc) is 3.48. The largest absolute Gasteiger partial charge is 0.506 e. The van der Waals surface area contributed by atoms with Crippen LogP contribution in [0.1, 0.15) is 18.4 Å². The van der Waals surface area contributed by atoms with Crippen molar-refractivity contribution in [3.05, 3.63) is 84.2 Å². The summed E-state index contributed by atoms with van der Waals surface area (Å²) in [5.74, 6) is -0.326. The van der Waals surface area contributed by atoms with Gasteiger partial charge in [0, 0.05) is 55.7 Å². The monoisotopic (exact) mass is 560 g/mol. The maximum Gasteiger partial charge on any atom is 0.506 e. The van der Waals surface area contributed by atoms with E-state index in [1.807, 2.05) is 54.6 Å². The van der Waals surface area contributed by atoms with Gasteiger partial charge in [-0.2, -0.15) is 4.98 Å². The number of amides is 1. The highest BCUT2D eigenvalue weighted by molar-refractivity contribution is 5.87. The van der Waals surface area contributed by atoms with Crippen molar-refractivity contribution >= 4 is 12.1 Å². The Balaban J connectivity index is 1.21. The van der Waals surface area contributed by atoms with Crippen molar-refractivity contribution in [1.29, 1.82) is 0 Å². The van der Waals surface area contributed by atoms with E-state index < -0.39 is 17.7 Å². The minimum atomic E-state index is -1.51. The number of hydrogen-bond acceptors (Lipinski definition) is 8. The van der Waals surface area contributed by atoms with Crippen LogP contribution in [-0.2, 0) is 16.1 Å². The van der Waals surface area contributed by atoms with Crippen molar-refractivity contribution in [3.8, 4) is 34.0 Å². The first kappa shape index (κ1) is 27.9. The van der Waals surface area contributed by atoms with Gasteiger partial charge in [0.05, 0.1) is 6.61 Å². The number of piperidine rings is 1. The molecule has 212 valence electrons. The Morgan fingerprint density at radius 3 is 2.37 bits per heavy atom. The topological polar surface area (TPSA) is 138 Å². The minimum absolute atomic E-state index is 0.0267. The third-order valence-corrected chi connectivity index (χ3v) is 7.10.